The van der Waals surface area contributed by atoms with Crippen molar-refractivity contribution in [2.45, 2.75) is 13.1 Å². The molecule has 0 radical (unpaired) electrons. The van der Waals surface area contributed by atoms with Gasteiger partial charge in [0, 0.05) is 24.2 Å². The van der Waals surface area contributed by atoms with Crippen molar-refractivity contribution in [1.29, 1.82) is 0 Å². The van der Waals surface area contributed by atoms with Crippen LogP contribution in [0.25, 0.3) is 0 Å². The molecule has 6 nitrogen and oxygen atoms in total. The van der Waals surface area contributed by atoms with Crippen molar-refractivity contribution in [1.82, 2.24) is 9.78 Å². The first-order chi connectivity index (χ1) is 9.67. The molecule has 0 aliphatic rings. The Balaban J connectivity index is 2.40. The number of hydrogen-bond donors (Lipinski definition) is 1. The normalized spacial score (nSPS) is 10.3. The van der Waals surface area contributed by atoms with Gasteiger partial charge in [-0.15, -0.1) is 5.10 Å². The topological polar surface area (TPSA) is 79.4 Å². The molecule has 106 valence electrons. The molecule has 1 heterocycles. The van der Waals surface area contributed by atoms with E-state index < -0.39 is 0 Å². The molecule has 2 aromatic rings. The van der Waals surface area contributed by atoms with Crippen molar-refractivity contribution in [3.8, 4) is 11.6 Å². The summed E-state index contributed by atoms with van der Waals surface area (Å²) in [6.07, 6.45) is 0. The van der Waals surface area contributed by atoms with Crippen LogP contribution in [0.15, 0.2) is 35.1 Å². The second kappa shape index (κ2) is 6.21. The molecule has 0 atom stereocenters. The van der Waals surface area contributed by atoms with E-state index in [1.165, 1.54) is 23.9 Å². The fourth-order valence-corrected chi connectivity index (χ4v) is 1.90. The van der Waals surface area contributed by atoms with Gasteiger partial charge in [0.2, 0.25) is 5.88 Å². The molecule has 0 saturated carbocycles. The summed E-state index contributed by atoms with van der Waals surface area (Å²) in [6.45, 7) is 0.727. The molecule has 1 aromatic heterocycles. The molecular weight excluding hydrogens is 258 g/mol. The van der Waals surface area contributed by atoms with E-state index in [-0.39, 0.29) is 5.56 Å². The van der Waals surface area contributed by atoms with E-state index in [2.05, 4.69) is 5.10 Å². The number of hydrogen-bond acceptors (Lipinski definition) is 5. The molecule has 2 rings (SSSR count). The monoisotopic (exact) mass is 275 g/mol. The second-order valence-corrected chi connectivity index (χ2v) is 4.22. The number of rotatable bonds is 5. The molecule has 6 heteroatoms. The van der Waals surface area contributed by atoms with Crippen LogP contribution in [0.1, 0.15) is 11.1 Å². The van der Waals surface area contributed by atoms with Gasteiger partial charge in [0.05, 0.1) is 20.8 Å². The minimum absolute atomic E-state index is 0.203. The van der Waals surface area contributed by atoms with E-state index in [1.54, 1.807) is 7.11 Å². The number of nitrogens with zero attached hydrogens (tertiary/aromatic N) is 2. The highest BCUT2D eigenvalue weighted by Crippen LogP contribution is 2.20. The summed E-state index contributed by atoms with van der Waals surface area (Å²) in [4.78, 5) is 11.8. The van der Waals surface area contributed by atoms with Crippen LogP contribution in [0.3, 0.4) is 0 Å². The third kappa shape index (κ3) is 2.97. The molecule has 1 aromatic carbocycles. The molecule has 0 unspecified atom stereocenters. The molecular formula is C14H17N3O3. The van der Waals surface area contributed by atoms with Crippen molar-refractivity contribution in [3.05, 3.63) is 51.8 Å². The quantitative estimate of drug-likeness (QED) is 0.871. The molecule has 0 aliphatic heterocycles. The van der Waals surface area contributed by atoms with E-state index in [0.717, 1.165) is 11.1 Å². The molecule has 0 aliphatic carbocycles. The van der Waals surface area contributed by atoms with Crippen LogP contribution in [-0.4, -0.2) is 24.0 Å². The van der Waals surface area contributed by atoms with Gasteiger partial charge in [-0.2, -0.15) is 0 Å². The van der Waals surface area contributed by atoms with Crippen LogP contribution in [-0.2, 0) is 13.1 Å². The van der Waals surface area contributed by atoms with Crippen molar-refractivity contribution in [2.24, 2.45) is 5.73 Å². The van der Waals surface area contributed by atoms with Gasteiger partial charge >= 0.3 is 0 Å². The van der Waals surface area contributed by atoms with Gasteiger partial charge in [-0.3, -0.25) is 4.79 Å². The van der Waals surface area contributed by atoms with Gasteiger partial charge in [-0.1, -0.05) is 6.07 Å². The van der Waals surface area contributed by atoms with E-state index in [0.29, 0.717) is 24.7 Å². The van der Waals surface area contributed by atoms with Crippen LogP contribution in [0.5, 0.6) is 11.6 Å². The lowest BCUT2D eigenvalue weighted by molar-refractivity contribution is 0.376. The van der Waals surface area contributed by atoms with Crippen LogP contribution in [0.4, 0.5) is 0 Å². The van der Waals surface area contributed by atoms with Crippen LogP contribution in [0.2, 0.25) is 0 Å². The number of aromatic nitrogens is 2. The number of nitrogens with two attached hydrogens (primary N) is 1. The summed E-state index contributed by atoms with van der Waals surface area (Å²) in [6, 6.07) is 8.59. The lowest BCUT2D eigenvalue weighted by Gasteiger charge is -2.11. The lowest BCUT2D eigenvalue weighted by Crippen LogP contribution is -2.23. The van der Waals surface area contributed by atoms with Crippen LogP contribution in [0, 0.1) is 0 Å². The Kier molecular flexibility index (Phi) is 4.37. The Morgan fingerprint density at radius 2 is 2.00 bits per heavy atom. The first-order valence-electron chi connectivity index (χ1n) is 6.16. The zero-order valence-corrected chi connectivity index (χ0v) is 11.5. The van der Waals surface area contributed by atoms with Gasteiger partial charge < -0.3 is 15.2 Å². The lowest BCUT2D eigenvalue weighted by atomic mass is 10.1. The molecule has 20 heavy (non-hydrogen) atoms. The van der Waals surface area contributed by atoms with E-state index in [9.17, 15) is 4.79 Å². The summed E-state index contributed by atoms with van der Waals surface area (Å²) in [5, 5.41) is 4.11. The maximum absolute atomic E-state index is 11.8. The molecule has 0 spiro atoms. The Morgan fingerprint density at radius 3 is 2.65 bits per heavy atom. The number of ether oxygens (including phenoxy) is 2. The van der Waals surface area contributed by atoms with Crippen molar-refractivity contribution in [3.63, 3.8) is 0 Å². The summed E-state index contributed by atoms with van der Waals surface area (Å²) in [7, 11) is 3.09. The van der Waals surface area contributed by atoms with Gasteiger partial charge in [0.15, 0.2) is 0 Å². The van der Waals surface area contributed by atoms with Crippen molar-refractivity contribution >= 4 is 0 Å². The summed E-state index contributed by atoms with van der Waals surface area (Å²) in [5.41, 5.74) is 7.25. The summed E-state index contributed by atoms with van der Waals surface area (Å²) < 4.78 is 11.7. The standard InChI is InChI=1S/C14H17N3O3/c1-19-12-4-3-10(8-15)7-11(12)9-17-14(18)6-5-13(16-17)20-2/h3-7H,8-9,15H2,1-2H3. The molecule has 0 saturated heterocycles. The predicted octanol–water partition coefficient (Wildman–Crippen LogP) is 0.767. The fraction of sp³-hybridized carbons (Fsp3) is 0.286. The highest BCUT2D eigenvalue weighted by atomic mass is 16.5. The molecule has 2 N–H and O–H groups in total. The Bertz CT molecular complexity index is 652. The minimum atomic E-state index is -0.203. The maximum atomic E-state index is 11.8. The first-order valence-corrected chi connectivity index (χ1v) is 6.16. The highest BCUT2D eigenvalue weighted by Gasteiger charge is 2.08. The number of methoxy groups -OCH3 is 2. The van der Waals surface area contributed by atoms with Crippen molar-refractivity contribution in [2.75, 3.05) is 14.2 Å². The average molecular weight is 275 g/mol. The fourth-order valence-electron chi connectivity index (χ4n) is 1.90. The first kappa shape index (κ1) is 14.1. The maximum Gasteiger partial charge on any atom is 0.267 e. The Labute approximate surface area is 116 Å². The molecule has 0 fully saturated rings. The average Bonchev–Trinajstić information content (AvgIpc) is 2.49. The highest BCUT2D eigenvalue weighted by molar-refractivity contribution is 5.37. The predicted molar refractivity (Wildman–Crippen MR) is 75.0 cm³/mol. The van der Waals surface area contributed by atoms with E-state index in [1.807, 2.05) is 18.2 Å². The minimum Gasteiger partial charge on any atom is -0.496 e. The summed E-state index contributed by atoms with van der Waals surface area (Å²) in [5.74, 6) is 1.08. The largest absolute Gasteiger partial charge is 0.496 e. The van der Waals surface area contributed by atoms with E-state index >= 15 is 0 Å². The molecule has 0 bridgehead atoms. The third-order valence-electron chi connectivity index (χ3n) is 2.95. The van der Waals surface area contributed by atoms with Gasteiger partial charge in [0.1, 0.15) is 5.75 Å². The SMILES string of the molecule is COc1ccc(=O)n(Cc2cc(CN)ccc2OC)n1. The van der Waals surface area contributed by atoms with Crippen LogP contribution >= 0.6 is 0 Å². The van der Waals surface area contributed by atoms with Crippen LogP contribution < -0.4 is 20.8 Å². The number of benzene rings is 1. The van der Waals surface area contributed by atoms with Crippen molar-refractivity contribution < 1.29 is 9.47 Å². The second-order valence-electron chi connectivity index (χ2n) is 4.22. The summed E-state index contributed by atoms with van der Waals surface area (Å²) >= 11 is 0. The third-order valence-corrected chi connectivity index (χ3v) is 2.95. The zero-order valence-electron chi connectivity index (χ0n) is 11.5. The van der Waals surface area contributed by atoms with E-state index in [4.69, 9.17) is 15.2 Å². The van der Waals surface area contributed by atoms with Gasteiger partial charge in [-0.25, -0.2) is 4.68 Å². The van der Waals surface area contributed by atoms with Gasteiger partial charge in [0.25, 0.3) is 5.56 Å². The zero-order chi connectivity index (χ0) is 14.5. The Hall–Kier alpha value is -2.34. The molecule has 0 amide bonds. The Morgan fingerprint density at radius 1 is 1.20 bits per heavy atom. The smallest absolute Gasteiger partial charge is 0.267 e. The van der Waals surface area contributed by atoms with Gasteiger partial charge in [-0.05, 0) is 17.7 Å².